The minimum atomic E-state index is 0. The first-order valence-electron chi connectivity index (χ1n) is 4.49. The van der Waals surface area contributed by atoms with Crippen LogP contribution in [0.5, 0.6) is 0 Å². The number of para-hydroxylation sites is 2. The summed E-state index contributed by atoms with van der Waals surface area (Å²) >= 11 is 0. The fraction of sp³-hybridized carbons (Fsp3) is 0.400. The highest BCUT2D eigenvalue weighted by atomic mass is 127. The van der Waals surface area contributed by atoms with Crippen molar-refractivity contribution in [1.29, 1.82) is 0 Å². The lowest BCUT2D eigenvalue weighted by molar-refractivity contribution is 0.302. The third-order valence-corrected chi connectivity index (χ3v) is 2.39. The molecule has 1 aromatic carbocycles. The Morgan fingerprint density at radius 1 is 1.29 bits per heavy atom. The standard InChI is InChI=1S/C10H14N2O.HI/c1-11-8-12(6-7-13)10-5-3-2-4-9(10)11;/h2-5,13H,6-8H2,1H3;1H. The van der Waals surface area contributed by atoms with Gasteiger partial charge in [-0.3, -0.25) is 0 Å². The predicted octanol–water partition coefficient (Wildman–Crippen LogP) is 1.51. The first-order chi connectivity index (χ1) is 6.33. The Kier molecular flexibility index (Phi) is 4.00. The Morgan fingerprint density at radius 2 is 1.93 bits per heavy atom. The molecule has 1 aliphatic rings. The molecule has 78 valence electrons. The van der Waals surface area contributed by atoms with Gasteiger partial charge < -0.3 is 14.9 Å². The molecular formula is C10H15IN2O. The maximum absolute atomic E-state index is 8.88. The monoisotopic (exact) mass is 306 g/mol. The van der Waals surface area contributed by atoms with Gasteiger partial charge in [-0.15, -0.1) is 24.0 Å². The molecular weight excluding hydrogens is 291 g/mol. The molecule has 0 amide bonds. The number of benzene rings is 1. The lowest BCUT2D eigenvalue weighted by atomic mass is 10.2. The van der Waals surface area contributed by atoms with Crippen molar-refractivity contribution >= 4 is 35.4 Å². The lowest BCUT2D eigenvalue weighted by Gasteiger charge is -2.17. The van der Waals surface area contributed by atoms with Crippen LogP contribution in [0.2, 0.25) is 0 Å². The van der Waals surface area contributed by atoms with E-state index in [1.165, 1.54) is 11.4 Å². The van der Waals surface area contributed by atoms with Crippen molar-refractivity contribution in [1.82, 2.24) is 0 Å². The molecule has 1 aliphatic heterocycles. The smallest absolute Gasteiger partial charge is 0.0902 e. The molecule has 1 N–H and O–H groups in total. The number of hydrogen-bond acceptors (Lipinski definition) is 3. The van der Waals surface area contributed by atoms with Gasteiger partial charge in [-0.1, -0.05) is 12.1 Å². The summed E-state index contributed by atoms with van der Waals surface area (Å²) in [7, 11) is 2.07. The molecule has 0 aliphatic carbocycles. The SMILES string of the molecule is CN1CN(CCO)c2ccccc21.I. The number of hydrogen-bond donors (Lipinski definition) is 1. The van der Waals surface area contributed by atoms with Crippen LogP contribution in [0.3, 0.4) is 0 Å². The topological polar surface area (TPSA) is 26.7 Å². The Bertz CT molecular complexity index is 306. The van der Waals surface area contributed by atoms with Gasteiger partial charge in [0.25, 0.3) is 0 Å². The lowest BCUT2D eigenvalue weighted by Crippen LogP contribution is -2.30. The zero-order valence-electron chi connectivity index (χ0n) is 8.18. The summed E-state index contributed by atoms with van der Waals surface area (Å²) in [5.74, 6) is 0. The number of anilines is 2. The second kappa shape index (κ2) is 4.84. The van der Waals surface area contributed by atoms with Crippen molar-refractivity contribution in [3.63, 3.8) is 0 Å². The van der Waals surface area contributed by atoms with E-state index in [9.17, 15) is 0 Å². The zero-order valence-corrected chi connectivity index (χ0v) is 10.5. The van der Waals surface area contributed by atoms with Gasteiger partial charge in [0, 0.05) is 13.6 Å². The maximum Gasteiger partial charge on any atom is 0.0902 e. The molecule has 0 aromatic heterocycles. The first-order valence-corrected chi connectivity index (χ1v) is 4.49. The summed E-state index contributed by atoms with van der Waals surface area (Å²) in [6.45, 7) is 1.80. The number of fused-ring (bicyclic) bond motifs is 1. The highest BCUT2D eigenvalue weighted by Crippen LogP contribution is 2.33. The molecule has 0 bridgehead atoms. The van der Waals surface area contributed by atoms with Crippen LogP contribution in [0.15, 0.2) is 24.3 Å². The van der Waals surface area contributed by atoms with Gasteiger partial charge in [-0.25, -0.2) is 0 Å². The van der Waals surface area contributed by atoms with Gasteiger partial charge >= 0.3 is 0 Å². The van der Waals surface area contributed by atoms with Crippen LogP contribution in [0.1, 0.15) is 0 Å². The van der Waals surface area contributed by atoms with Crippen molar-refractivity contribution < 1.29 is 5.11 Å². The molecule has 4 heteroatoms. The van der Waals surface area contributed by atoms with Gasteiger partial charge in [-0.05, 0) is 12.1 Å². The highest BCUT2D eigenvalue weighted by Gasteiger charge is 2.21. The Hall–Kier alpha value is -0.490. The molecule has 0 radical (unpaired) electrons. The summed E-state index contributed by atoms with van der Waals surface area (Å²) in [5, 5.41) is 8.88. The second-order valence-corrected chi connectivity index (χ2v) is 3.32. The van der Waals surface area contributed by atoms with Crippen molar-refractivity contribution in [2.75, 3.05) is 36.7 Å². The zero-order chi connectivity index (χ0) is 9.26. The molecule has 0 unspecified atom stereocenters. The fourth-order valence-corrected chi connectivity index (χ4v) is 1.77. The number of aliphatic hydroxyl groups is 1. The Morgan fingerprint density at radius 3 is 2.57 bits per heavy atom. The van der Waals surface area contributed by atoms with E-state index in [0.717, 1.165) is 6.67 Å². The number of nitrogens with zero attached hydrogens (tertiary/aromatic N) is 2. The predicted molar refractivity (Wildman–Crippen MR) is 69.6 cm³/mol. The molecule has 0 atom stereocenters. The Balaban J connectivity index is 0.000000980. The number of aliphatic hydroxyl groups excluding tert-OH is 1. The molecule has 2 rings (SSSR count). The van der Waals surface area contributed by atoms with Crippen LogP contribution in [-0.2, 0) is 0 Å². The van der Waals surface area contributed by atoms with Crippen molar-refractivity contribution in [3.05, 3.63) is 24.3 Å². The third kappa shape index (κ3) is 1.95. The summed E-state index contributed by atoms with van der Waals surface area (Å²) in [6.07, 6.45) is 0. The normalized spacial score (nSPS) is 13.9. The van der Waals surface area contributed by atoms with E-state index in [-0.39, 0.29) is 30.6 Å². The fourth-order valence-electron chi connectivity index (χ4n) is 1.77. The molecule has 0 fully saturated rings. The van der Waals surface area contributed by atoms with E-state index in [1.54, 1.807) is 0 Å². The van der Waals surface area contributed by atoms with Gasteiger partial charge in [-0.2, -0.15) is 0 Å². The van der Waals surface area contributed by atoms with Crippen molar-refractivity contribution in [2.45, 2.75) is 0 Å². The third-order valence-electron chi connectivity index (χ3n) is 2.39. The average Bonchev–Trinajstić information content (AvgIpc) is 2.46. The van der Waals surface area contributed by atoms with Gasteiger partial charge in [0.2, 0.25) is 0 Å². The number of rotatable bonds is 2. The molecule has 3 nitrogen and oxygen atoms in total. The van der Waals surface area contributed by atoms with Crippen molar-refractivity contribution in [3.8, 4) is 0 Å². The molecule has 14 heavy (non-hydrogen) atoms. The number of halogens is 1. The van der Waals surface area contributed by atoms with Crippen LogP contribution in [0, 0.1) is 0 Å². The molecule has 1 aromatic rings. The average molecular weight is 306 g/mol. The van der Waals surface area contributed by atoms with E-state index < -0.39 is 0 Å². The van der Waals surface area contributed by atoms with Crippen molar-refractivity contribution in [2.24, 2.45) is 0 Å². The largest absolute Gasteiger partial charge is 0.395 e. The van der Waals surface area contributed by atoms with E-state index in [0.29, 0.717) is 6.54 Å². The maximum atomic E-state index is 8.88. The summed E-state index contributed by atoms with van der Waals surface area (Å²) in [5.41, 5.74) is 2.47. The summed E-state index contributed by atoms with van der Waals surface area (Å²) in [6, 6.07) is 8.27. The molecule has 0 saturated heterocycles. The van der Waals surface area contributed by atoms with E-state index in [1.807, 2.05) is 12.1 Å². The van der Waals surface area contributed by atoms with Crippen LogP contribution < -0.4 is 9.80 Å². The van der Waals surface area contributed by atoms with Gasteiger partial charge in [0.15, 0.2) is 0 Å². The summed E-state index contributed by atoms with van der Waals surface area (Å²) < 4.78 is 0. The quantitative estimate of drug-likeness (QED) is 0.839. The van der Waals surface area contributed by atoms with Crippen LogP contribution in [-0.4, -0.2) is 32.0 Å². The molecule has 0 spiro atoms. The summed E-state index contributed by atoms with van der Waals surface area (Å²) in [4.78, 5) is 4.36. The van der Waals surface area contributed by atoms with Gasteiger partial charge in [0.05, 0.1) is 24.7 Å². The highest BCUT2D eigenvalue weighted by molar-refractivity contribution is 14.0. The minimum absolute atomic E-state index is 0. The van der Waals surface area contributed by atoms with Crippen LogP contribution >= 0.6 is 24.0 Å². The Labute approximate surface area is 101 Å². The second-order valence-electron chi connectivity index (χ2n) is 3.32. The van der Waals surface area contributed by atoms with Crippen LogP contribution in [0.25, 0.3) is 0 Å². The molecule has 1 heterocycles. The van der Waals surface area contributed by atoms with E-state index >= 15 is 0 Å². The van der Waals surface area contributed by atoms with E-state index in [2.05, 4.69) is 29.0 Å². The van der Waals surface area contributed by atoms with Gasteiger partial charge in [0.1, 0.15) is 0 Å². The van der Waals surface area contributed by atoms with E-state index in [4.69, 9.17) is 5.11 Å². The number of β-amino-alcohol motifs (C(OH)–C–C–N with tert-alkyl or cyclic N) is 1. The molecule has 0 saturated carbocycles. The van der Waals surface area contributed by atoms with Crippen LogP contribution in [0.4, 0.5) is 11.4 Å². The minimum Gasteiger partial charge on any atom is -0.395 e. The first kappa shape index (κ1) is 11.6.